The second-order valence-corrected chi connectivity index (χ2v) is 3.18. The molecule has 0 N–H and O–H groups in total. The number of hydrogen-bond acceptors (Lipinski definition) is 2. The summed E-state index contributed by atoms with van der Waals surface area (Å²) in [4.78, 5) is 15.3. The number of carbonyl (C=O) groups is 1. The minimum atomic E-state index is -0.377. The van der Waals surface area contributed by atoms with Gasteiger partial charge < -0.3 is 0 Å². The fourth-order valence-electron chi connectivity index (χ4n) is 1.46. The predicted octanol–water partition coefficient (Wildman–Crippen LogP) is 1.98. The van der Waals surface area contributed by atoms with Crippen molar-refractivity contribution in [1.82, 2.24) is 9.38 Å². The molecule has 2 aromatic heterocycles. The lowest BCUT2D eigenvalue weighted by Crippen LogP contribution is -2.00. The number of Topliss-reactive ketones (excluding diaryl/α,β-unsaturated/α-hetero) is 1. The second-order valence-electron chi connectivity index (χ2n) is 3.18. The Labute approximate surface area is 80.2 Å². The molecule has 0 amide bonds. The Morgan fingerprint density at radius 2 is 2.21 bits per heavy atom. The lowest BCUT2D eigenvalue weighted by molar-refractivity contribution is 0.100. The summed E-state index contributed by atoms with van der Waals surface area (Å²) in [7, 11) is 0. The van der Waals surface area contributed by atoms with Gasteiger partial charge in [0, 0.05) is 13.1 Å². The van der Waals surface area contributed by atoms with Gasteiger partial charge in [-0.1, -0.05) is 0 Å². The van der Waals surface area contributed by atoms with Crippen molar-refractivity contribution in [2.75, 3.05) is 0 Å². The molecule has 2 aromatic rings. The molecule has 3 nitrogen and oxygen atoms in total. The number of pyridine rings is 1. The molecule has 0 saturated heterocycles. The first kappa shape index (κ1) is 8.87. The van der Waals surface area contributed by atoms with E-state index in [1.165, 1.54) is 23.6 Å². The van der Waals surface area contributed by atoms with Crippen molar-refractivity contribution in [3.05, 3.63) is 35.7 Å². The number of aryl methyl sites for hydroxylation is 1. The Hall–Kier alpha value is -1.71. The van der Waals surface area contributed by atoms with E-state index >= 15 is 0 Å². The number of halogens is 1. The molecule has 72 valence electrons. The molecule has 0 aliphatic heterocycles. The molecule has 2 heterocycles. The van der Waals surface area contributed by atoms with Crippen LogP contribution in [-0.4, -0.2) is 15.2 Å². The van der Waals surface area contributed by atoms with Gasteiger partial charge in [-0.3, -0.25) is 9.20 Å². The summed E-state index contributed by atoms with van der Waals surface area (Å²) >= 11 is 0. The van der Waals surface area contributed by atoms with E-state index in [9.17, 15) is 9.18 Å². The SMILES string of the molecule is CC(=O)c1nc(C)c2ccc(F)cn12. The quantitative estimate of drug-likeness (QED) is 0.647. The third kappa shape index (κ3) is 1.19. The number of imidazole rings is 1. The second kappa shape index (κ2) is 2.90. The van der Waals surface area contributed by atoms with Crippen molar-refractivity contribution in [1.29, 1.82) is 0 Å². The molecule has 0 atom stereocenters. The van der Waals surface area contributed by atoms with E-state index in [0.29, 0.717) is 0 Å². The van der Waals surface area contributed by atoms with Crippen molar-refractivity contribution in [2.24, 2.45) is 0 Å². The van der Waals surface area contributed by atoms with Crippen molar-refractivity contribution in [3.8, 4) is 0 Å². The summed E-state index contributed by atoms with van der Waals surface area (Å²) in [6.07, 6.45) is 1.27. The van der Waals surface area contributed by atoms with Crippen LogP contribution in [0.25, 0.3) is 5.52 Å². The molecule has 0 saturated carbocycles. The number of carbonyl (C=O) groups excluding carboxylic acids is 1. The lowest BCUT2D eigenvalue weighted by Gasteiger charge is -1.96. The molecule has 2 rings (SSSR count). The first-order valence-electron chi connectivity index (χ1n) is 4.25. The topological polar surface area (TPSA) is 34.4 Å². The molecule has 0 radical (unpaired) electrons. The summed E-state index contributed by atoms with van der Waals surface area (Å²) in [5.74, 6) is -0.270. The molecule has 14 heavy (non-hydrogen) atoms. The van der Waals surface area contributed by atoms with Gasteiger partial charge in [-0.15, -0.1) is 0 Å². The van der Waals surface area contributed by atoms with Gasteiger partial charge in [-0.25, -0.2) is 9.37 Å². The van der Waals surface area contributed by atoms with Crippen LogP contribution in [-0.2, 0) is 0 Å². The minimum absolute atomic E-state index is 0.168. The maximum atomic E-state index is 12.9. The van der Waals surface area contributed by atoms with Crippen LogP contribution < -0.4 is 0 Å². The van der Waals surface area contributed by atoms with Gasteiger partial charge in [0.05, 0.1) is 11.2 Å². The largest absolute Gasteiger partial charge is 0.294 e. The van der Waals surface area contributed by atoms with Gasteiger partial charge in [-0.2, -0.15) is 0 Å². The van der Waals surface area contributed by atoms with Gasteiger partial charge in [0.2, 0.25) is 0 Å². The average molecular weight is 192 g/mol. The zero-order valence-electron chi connectivity index (χ0n) is 7.91. The van der Waals surface area contributed by atoms with Crippen molar-refractivity contribution >= 4 is 11.3 Å². The molecule has 0 spiro atoms. The molecular formula is C10H9FN2O. The predicted molar refractivity (Wildman–Crippen MR) is 49.9 cm³/mol. The highest BCUT2D eigenvalue weighted by molar-refractivity contribution is 5.92. The van der Waals surface area contributed by atoms with Gasteiger partial charge in [0.25, 0.3) is 0 Å². The van der Waals surface area contributed by atoms with E-state index < -0.39 is 0 Å². The number of hydrogen-bond donors (Lipinski definition) is 0. The highest BCUT2D eigenvalue weighted by Gasteiger charge is 2.11. The van der Waals surface area contributed by atoms with E-state index in [0.717, 1.165) is 11.2 Å². The van der Waals surface area contributed by atoms with Crippen LogP contribution in [0.5, 0.6) is 0 Å². The third-order valence-electron chi connectivity index (χ3n) is 2.10. The van der Waals surface area contributed by atoms with Crippen LogP contribution in [0, 0.1) is 12.7 Å². The minimum Gasteiger partial charge on any atom is -0.294 e. The monoisotopic (exact) mass is 192 g/mol. The maximum Gasteiger partial charge on any atom is 0.195 e. The van der Waals surface area contributed by atoms with Crippen molar-refractivity contribution in [2.45, 2.75) is 13.8 Å². The summed E-state index contributed by atoms with van der Waals surface area (Å²) in [5, 5.41) is 0. The van der Waals surface area contributed by atoms with E-state index in [-0.39, 0.29) is 17.4 Å². The average Bonchev–Trinajstić information content (AvgIpc) is 2.43. The molecular weight excluding hydrogens is 183 g/mol. The summed E-state index contributed by atoms with van der Waals surface area (Å²) in [6.45, 7) is 3.21. The van der Waals surface area contributed by atoms with Gasteiger partial charge in [-0.05, 0) is 19.1 Å². The molecule has 0 aromatic carbocycles. The zero-order chi connectivity index (χ0) is 10.3. The van der Waals surface area contributed by atoms with Gasteiger partial charge in [0.15, 0.2) is 11.6 Å². The normalized spacial score (nSPS) is 10.8. The number of nitrogens with zero attached hydrogens (tertiary/aromatic N) is 2. The smallest absolute Gasteiger partial charge is 0.195 e. The molecule has 0 bridgehead atoms. The Bertz CT molecular complexity index is 516. The Morgan fingerprint density at radius 1 is 1.50 bits per heavy atom. The fourth-order valence-corrected chi connectivity index (χ4v) is 1.46. The highest BCUT2D eigenvalue weighted by atomic mass is 19.1. The van der Waals surface area contributed by atoms with E-state index in [2.05, 4.69) is 4.98 Å². The van der Waals surface area contributed by atoms with Crippen LogP contribution in [0.15, 0.2) is 18.3 Å². The number of rotatable bonds is 1. The Balaban J connectivity index is 2.85. The Morgan fingerprint density at radius 3 is 2.86 bits per heavy atom. The molecule has 0 unspecified atom stereocenters. The van der Waals surface area contributed by atoms with Gasteiger partial charge in [0.1, 0.15) is 5.82 Å². The van der Waals surface area contributed by atoms with Crippen molar-refractivity contribution < 1.29 is 9.18 Å². The molecule has 0 aliphatic carbocycles. The zero-order valence-corrected chi connectivity index (χ0v) is 7.91. The van der Waals surface area contributed by atoms with Crippen molar-refractivity contribution in [3.63, 3.8) is 0 Å². The molecule has 0 fully saturated rings. The highest BCUT2D eigenvalue weighted by Crippen LogP contribution is 2.13. The summed E-state index contributed by atoms with van der Waals surface area (Å²) < 4.78 is 14.4. The van der Waals surface area contributed by atoms with Crippen LogP contribution in [0.4, 0.5) is 4.39 Å². The van der Waals surface area contributed by atoms with E-state index in [4.69, 9.17) is 0 Å². The Kier molecular flexibility index (Phi) is 1.84. The van der Waals surface area contributed by atoms with E-state index in [1.807, 2.05) is 0 Å². The lowest BCUT2D eigenvalue weighted by atomic mass is 10.3. The van der Waals surface area contributed by atoms with Gasteiger partial charge >= 0.3 is 0 Å². The fraction of sp³-hybridized carbons (Fsp3) is 0.200. The standard InChI is InChI=1S/C10H9FN2O/c1-6-9-4-3-8(11)5-13(9)10(12-6)7(2)14/h3-5H,1-2H3. The number of ketones is 1. The third-order valence-corrected chi connectivity index (χ3v) is 2.10. The van der Waals surface area contributed by atoms with Crippen LogP contribution in [0.3, 0.4) is 0 Å². The van der Waals surface area contributed by atoms with E-state index in [1.54, 1.807) is 13.0 Å². The first-order chi connectivity index (χ1) is 6.59. The van der Waals surface area contributed by atoms with Crippen LogP contribution in [0.1, 0.15) is 23.2 Å². The van der Waals surface area contributed by atoms with Crippen LogP contribution >= 0.6 is 0 Å². The van der Waals surface area contributed by atoms with Crippen LogP contribution in [0.2, 0.25) is 0 Å². The summed E-state index contributed by atoms with van der Waals surface area (Å²) in [5.41, 5.74) is 1.49. The summed E-state index contributed by atoms with van der Waals surface area (Å²) in [6, 6.07) is 2.97. The molecule has 4 heteroatoms. The maximum absolute atomic E-state index is 12.9. The first-order valence-corrected chi connectivity index (χ1v) is 4.25. The number of aromatic nitrogens is 2. The molecule has 0 aliphatic rings. The number of fused-ring (bicyclic) bond motifs is 1.